The van der Waals surface area contributed by atoms with E-state index >= 15 is 0 Å². The predicted molar refractivity (Wildman–Crippen MR) is 69.2 cm³/mol. The monoisotopic (exact) mass is 253 g/mol. The number of aromatic nitrogens is 1. The van der Waals surface area contributed by atoms with Gasteiger partial charge in [0.05, 0.1) is 16.7 Å². The van der Waals surface area contributed by atoms with Crippen LogP contribution in [0.25, 0.3) is 0 Å². The number of thiazole rings is 1. The van der Waals surface area contributed by atoms with E-state index in [-0.39, 0.29) is 11.9 Å². The first-order chi connectivity index (χ1) is 8.25. The second-order valence-electron chi connectivity index (χ2n) is 4.40. The molecule has 0 aromatic carbocycles. The normalized spacial score (nSPS) is 20.2. The molecule has 2 heterocycles. The Morgan fingerprint density at radius 1 is 1.65 bits per heavy atom. The Labute approximate surface area is 106 Å². The molecule has 2 N–H and O–H groups in total. The summed E-state index contributed by atoms with van der Waals surface area (Å²) in [6.45, 7) is 3.64. The largest absolute Gasteiger partial charge is 0.354 e. The highest BCUT2D eigenvalue weighted by molar-refractivity contribution is 7.09. The zero-order valence-electron chi connectivity index (χ0n) is 10.2. The number of hydrogen-bond acceptors (Lipinski definition) is 4. The molecule has 1 amide bonds. The van der Waals surface area contributed by atoms with Crippen LogP contribution in [0.3, 0.4) is 0 Å². The van der Waals surface area contributed by atoms with E-state index in [4.69, 9.17) is 0 Å². The third-order valence-electron chi connectivity index (χ3n) is 2.97. The maximum absolute atomic E-state index is 11.8. The molecule has 0 bridgehead atoms. The summed E-state index contributed by atoms with van der Waals surface area (Å²) in [5.41, 5.74) is 1.07. The molecular weight excluding hydrogens is 234 g/mol. The third-order valence-corrected chi connectivity index (χ3v) is 3.80. The van der Waals surface area contributed by atoms with Crippen LogP contribution in [-0.2, 0) is 11.2 Å². The van der Waals surface area contributed by atoms with E-state index in [1.54, 1.807) is 11.3 Å². The lowest BCUT2D eigenvalue weighted by Gasteiger charge is -2.22. The highest BCUT2D eigenvalue weighted by Crippen LogP contribution is 2.08. The topological polar surface area (TPSA) is 54.0 Å². The van der Waals surface area contributed by atoms with Crippen LogP contribution >= 0.6 is 11.3 Å². The number of amides is 1. The zero-order valence-corrected chi connectivity index (χ0v) is 11.0. The molecule has 0 spiro atoms. The molecule has 17 heavy (non-hydrogen) atoms. The van der Waals surface area contributed by atoms with Crippen molar-refractivity contribution in [3.05, 3.63) is 16.1 Å². The van der Waals surface area contributed by atoms with Gasteiger partial charge < -0.3 is 10.6 Å². The second kappa shape index (κ2) is 6.12. The van der Waals surface area contributed by atoms with Crippen LogP contribution in [0, 0.1) is 6.92 Å². The Bertz CT molecular complexity index is 372. The lowest BCUT2D eigenvalue weighted by atomic mass is 10.0. The number of nitrogens with one attached hydrogen (secondary N) is 2. The van der Waals surface area contributed by atoms with Gasteiger partial charge in [-0.1, -0.05) is 6.42 Å². The molecule has 1 aromatic rings. The number of aryl methyl sites for hydroxylation is 1. The minimum absolute atomic E-state index is 0.0147. The smallest absolute Gasteiger partial charge is 0.237 e. The molecule has 1 saturated heterocycles. The van der Waals surface area contributed by atoms with E-state index < -0.39 is 0 Å². The van der Waals surface area contributed by atoms with Gasteiger partial charge in [0.1, 0.15) is 0 Å². The van der Waals surface area contributed by atoms with Crippen molar-refractivity contribution in [3.63, 3.8) is 0 Å². The molecule has 1 aliphatic heterocycles. The molecule has 1 aromatic heterocycles. The van der Waals surface area contributed by atoms with Crippen molar-refractivity contribution < 1.29 is 4.79 Å². The Morgan fingerprint density at radius 3 is 3.18 bits per heavy atom. The molecule has 1 aliphatic rings. The second-order valence-corrected chi connectivity index (χ2v) is 5.46. The lowest BCUT2D eigenvalue weighted by molar-refractivity contribution is -0.123. The standard InChI is InChI=1S/C12H19N3OS/c1-9-15-10(8-17-9)5-7-14-12(16)11-4-2-3-6-13-11/h8,11,13H,2-7H2,1H3,(H,14,16)/t11-/m1/s1. The molecular formula is C12H19N3OS. The van der Waals surface area contributed by atoms with Crippen LogP contribution in [0.2, 0.25) is 0 Å². The minimum Gasteiger partial charge on any atom is -0.354 e. The SMILES string of the molecule is Cc1nc(CCNC(=O)[C@H]2CCCCN2)cs1. The van der Waals surface area contributed by atoms with Gasteiger partial charge in [-0.3, -0.25) is 4.79 Å². The van der Waals surface area contributed by atoms with Crippen molar-refractivity contribution in [1.29, 1.82) is 0 Å². The Morgan fingerprint density at radius 2 is 2.53 bits per heavy atom. The Kier molecular flexibility index (Phi) is 4.50. The van der Waals surface area contributed by atoms with Crippen LogP contribution in [0.15, 0.2) is 5.38 Å². The van der Waals surface area contributed by atoms with Crippen molar-refractivity contribution in [2.45, 2.75) is 38.6 Å². The molecule has 2 rings (SSSR count). The van der Waals surface area contributed by atoms with Gasteiger partial charge in [-0.15, -0.1) is 11.3 Å². The summed E-state index contributed by atoms with van der Waals surface area (Å²) in [5, 5.41) is 9.36. The Balaban J connectivity index is 1.69. The summed E-state index contributed by atoms with van der Waals surface area (Å²) < 4.78 is 0. The average molecular weight is 253 g/mol. The van der Waals surface area contributed by atoms with Crippen molar-refractivity contribution in [2.24, 2.45) is 0 Å². The quantitative estimate of drug-likeness (QED) is 0.849. The first-order valence-corrected chi connectivity index (χ1v) is 7.06. The lowest BCUT2D eigenvalue weighted by Crippen LogP contribution is -2.47. The van der Waals surface area contributed by atoms with E-state index in [0.29, 0.717) is 6.54 Å². The van der Waals surface area contributed by atoms with Gasteiger partial charge in [-0.2, -0.15) is 0 Å². The molecule has 0 aliphatic carbocycles. The van der Waals surface area contributed by atoms with Gasteiger partial charge >= 0.3 is 0 Å². The van der Waals surface area contributed by atoms with Crippen molar-refractivity contribution in [2.75, 3.05) is 13.1 Å². The summed E-state index contributed by atoms with van der Waals surface area (Å²) in [4.78, 5) is 16.2. The van der Waals surface area contributed by atoms with Gasteiger partial charge in [-0.25, -0.2) is 4.98 Å². The van der Waals surface area contributed by atoms with Gasteiger partial charge in [0, 0.05) is 18.3 Å². The number of nitrogens with zero attached hydrogens (tertiary/aromatic N) is 1. The highest BCUT2D eigenvalue weighted by Gasteiger charge is 2.19. The summed E-state index contributed by atoms with van der Waals surface area (Å²) in [5.74, 6) is 0.136. The average Bonchev–Trinajstić information content (AvgIpc) is 2.76. The maximum Gasteiger partial charge on any atom is 0.237 e. The number of piperidine rings is 1. The van der Waals surface area contributed by atoms with Crippen molar-refractivity contribution in [3.8, 4) is 0 Å². The van der Waals surface area contributed by atoms with Crippen LogP contribution in [0.4, 0.5) is 0 Å². The van der Waals surface area contributed by atoms with Crippen LogP contribution in [0.1, 0.15) is 30.0 Å². The van der Waals surface area contributed by atoms with E-state index in [2.05, 4.69) is 21.0 Å². The molecule has 1 fully saturated rings. The molecule has 0 saturated carbocycles. The number of hydrogen-bond donors (Lipinski definition) is 2. The summed E-state index contributed by atoms with van der Waals surface area (Å²) in [6, 6.07) is 0.0147. The first kappa shape index (κ1) is 12.5. The third kappa shape index (κ3) is 3.78. The highest BCUT2D eigenvalue weighted by atomic mass is 32.1. The molecule has 94 valence electrons. The molecule has 5 heteroatoms. The van der Waals surface area contributed by atoms with Gasteiger partial charge in [0.25, 0.3) is 0 Å². The van der Waals surface area contributed by atoms with Crippen molar-refractivity contribution >= 4 is 17.2 Å². The first-order valence-electron chi connectivity index (χ1n) is 6.18. The summed E-state index contributed by atoms with van der Waals surface area (Å²) >= 11 is 1.66. The van der Waals surface area contributed by atoms with E-state index in [1.807, 2.05) is 6.92 Å². The summed E-state index contributed by atoms with van der Waals surface area (Å²) in [7, 11) is 0. The van der Waals surface area contributed by atoms with Crippen LogP contribution in [-0.4, -0.2) is 30.0 Å². The number of carbonyl (C=O) groups excluding carboxylic acids is 1. The molecule has 4 nitrogen and oxygen atoms in total. The molecule has 0 unspecified atom stereocenters. The van der Waals surface area contributed by atoms with Gasteiger partial charge in [0.2, 0.25) is 5.91 Å². The van der Waals surface area contributed by atoms with E-state index in [1.165, 1.54) is 6.42 Å². The van der Waals surface area contributed by atoms with E-state index in [9.17, 15) is 4.79 Å². The van der Waals surface area contributed by atoms with Gasteiger partial charge in [0.15, 0.2) is 0 Å². The Hall–Kier alpha value is -0.940. The fourth-order valence-corrected chi connectivity index (χ4v) is 2.68. The summed E-state index contributed by atoms with van der Waals surface area (Å²) in [6.07, 6.45) is 4.11. The zero-order chi connectivity index (χ0) is 12.1. The fourth-order valence-electron chi connectivity index (χ4n) is 2.04. The fraction of sp³-hybridized carbons (Fsp3) is 0.667. The van der Waals surface area contributed by atoms with Gasteiger partial charge in [-0.05, 0) is 26.3 Å². The molecule has 1 atom stereocenters. The van der Waals surface area contributed by atoms with Crippen molar-refractivity contribution in [1.82, 2.24) is 15.6 Å². The minimum atomic E-state index is 0.0147. The van der Waals surface area contributed by atoms with Crippen LogP contribution < -0.4 is 10.6 Å². The molecule has 0 radical (unpaired) electrons. The van der Waals surface area contributed by atoms with E-state index in [0.717, 1.165) is 36.5 Å². The number of carbonyl (C=O) groups is 1. The maximum atomic E-state index is 11.8. The number of rotatable bonds is 4. The van der Waals surface area contributed by atoms with Crippen LogP contribution in [0.5, 0.6) is 0 Å². The predicted octanol–water partition coefficient (Wildman–Crippen LogP) is 1.25.